The topological polar surface area (TPSA) is 382 Å². The Bertz CT molecular complexity index is 6200. The van der Waals surface area contributed by atoms with Crippen LogP contribution in [0.2, 0.25) is 0 Å². The number of halogens is 1. The molecular formula is C80H80FN21O8S8. The summed E-state index contributed by atoms with van der Waals surface area (Å²) in [6.45, 7) is 6.50. The van der Waals surface area contributed by atoms with Crippen LogP contribution >= 0.6 is 45.3 Å². The Kier molecular flexibility index (Phi) is 25.8. The predicted octanol–water partition coefficient (Wildman–Crippen LogP) is 16.6. The zero-order chi connectivity index (χ0) is 81.8. The highest BCUT2D eigenvalue weighted by atomic mass is 32.3. The Morgan fingerprint density at radius 3 is 1.14 bits per heavy atom. The van der Waals surface area contributed by atoms with Crippen LogP contribution in [0.3, 0.4) is 0 Å². The summed E-state index contributed by atoms with van der Waals surface area (Å²) in [6, 6.07) is 46.4. The van der Waals surface area contributed by atoms with E-state index in [0.29, 0.717) is 121 Å². The quantitative estimate of drug-likeness (QED) is 0.0413. The Morgan fingerprint density at radius 1 is 0.381 bits per heavy atom. The number of sulfonamides is 4. The number of nitrogens with zero attached hydrogens (tertiary/aromatic N) is 15. The van der Waals surface area contributed by atoms with E-state index in [0.717, 1.165) is 135 Å². The molecule has 14 heterocycles. The van der Waals surface area contributed by atoms with E-state index in [9.17, 15) is 38.1 Å². The van der Waals surface area contributed by atoms with E-state index >= 15 is 0 Å². The van der Waals surface area contributed by atoms with Gasteiger partial charge < -0.3 is 21.3 Å². The maximum absolute atomic E-state index is 14.1. The molecule has 118 heavy (non-hydrogen) atoms. The van der Waals surface area contributed by atoms with Gasteiger partial charge in [0.15, 0.2) is 0 Å². The van der Waals surface area contributed by atoms with E-state index in [1.54, 1.807) is 145 Å². The molecule has 0 bridgehead atoms. The molecule has 0 unspecified atom stereocenters. The van der Waals surface area contributed by atoms with Crippen LogP contribution in [0.15, 0.2) is 206 Å². The molecule has 4 aliphatic heterocycles. The molecule has 38 heteroatoms. The summed E-state index contributed by atoms with van der Waals surface area (Å²) >= 11 is 4.89. The number of aromatic amines is 2. The van der Waals surface area contributed by atoms with Crippen molar-refractivity contribution in [3.05, 3.63) is 206 Å². The van der Waals surface area contributed by atoms with Gasteiger partial charge in [-0.1, -0.05) is 37.8 Å². The summed E-state index contributed by atoms with van der Waals surface area (Å²) in [6.07, 6.45) is 21.7. The van der Waals surface area contributed by atoms with Crippen molar-refractivity contribution in [2.24, 2.45) is 0 Å². The molecule has 0 atom stereocenters. The summed E-state index contributed by atoms with van der Waals surface area (Å²) in [5, 5.41) is 37.3. The van der Waals surface area contributed by atoms with Gasteiger partial charge in [0, 0.05) is 105 Å². The molecule has 608 valence electrons. The van der Waals surface area contributed by atoms with Gasteiger partial charge in [0.1, 0.15) is 22.7 Å². The zero-order valence-corrected chi connectivity index (χ0v) is 70.2. The third kappa shape index (κ3) is 19.8. The zero-order valence-electron chi connectivity index (χ0n) is 63.7. The van der Waals surface area contributed by atoms with Crippen molar-refractivity contribution < 1.29 is 38.1 Å². The van der Waals surface area contributed by atoms with E-state index in [1.165, 1.54) is 51.4 Å². The number of aryl methyl sites for hydroxylation is 1. The molecule has 4 fully saturated rings. The van der Waals surface area contributed by atoms with E-state index in [2.05, 4.69) is 87.6 Å². The van der Waals surface area contributed by atoms with Gasteiger partial charge in [0.25, 0.3) is 40.1 Å². The molecule has 4 aliphatic rings. The van der Waals surface area contributed by atoms with Crippen molar-refractivity contribution in [2.75, 3.05) is 73.6 Å². The molecule has 0 amide bonds. The molecule has 4 aromatic carbocycles. The maximum atomic E-state index is 14.1. The van der Waals surface area contributed by atoms with E-state index < -0.39 is 40.1 Å². The van der Waals surface area contributed by atoms with Crippen LogP contribution in [-0.4, -0.2) is 164 Å². The van der Waals surface area contributed by atoms with E-state index in [-0.39, 0.29) is 17.5 Å². The van der Waals surface area contributed by atoms with Crippen molar-refractivity contribution in [1.29, 1.82) is 5.26 Å². The van der Waals surface area contributed by atoms with Gasteiger partial charge in [-0.2, -0.15) is 32.7 Å². The lowest BCUT2D eigenvalue weighted by atomic mass is 10.2. The number of hydrogen-bond donors (Lipinski definition) is 6. The Labute approximate surface area is 697 Å². The number of rotatable bonds is 20. The van der Waals surface area contributed by atoms with Crippen LogP contribution < -0.4 is 21.3 Å². The fraction of sp³-hybridized carbons (Fsp3) is 0.263. The second kappa shape index (κ2) is 37.0. The Hall–Kier alpha value is -10.8. The lowest BCUT2D eigenvalue weighted by Gasteiger charge is -2.25. The third-order valence-electron chi connectivity index (χ3n) is 19.6. The van der Waals surface area contributed by atoms with Crippen molar-refractivity contribution in [2.45, 2.75) is 101 Å². The van der Waals surface area contributed by atoms with Gasteiger partial charge in [0.2, 0.25) is 23.8 Å². The average molecular weight is 1740 g/mol. The number of thiophene rings is 4. The number of nitriles is 1. The van der Waals surface area contributed by atoms with Crippen LogP contribution in [0.25, 0.3) is 64.1 Å². The number of H-pyrrole nitrogens is 2. The van der Waals surface area contributed by atoms with Crippen molar-refractivity contribution in [3.63, 3.8) is 0 Å². The first kappa shape index (κ1) is 82.3. The van der Waals surface area contributed by atoms with Crippen molar-refractivity contribution in [3.8, 4) is 48.4 Å². The summed E-state index contributed by atoms with van der Waals surface area (Å²) in [5.74, 6) is 1.14. The van der Waals surface area contributed by atoms with Crippen LogP contribution in [0.4, 0.5) is 50.9 Å². The lowest BCUT2D eigenvalue weighted by molar-refractivity contribution is 0.347. The Morgan fingerprint density at radius 2 is 0.746 bits per heavy atom. The van der Waals surface area contributed by atoms with Crippen molar-refractivity contribution in [1.82, 2.24) is 77.5 Å². The van der Waals surface area contributed by atoms with E-state index in [4.69, 9.17) is 5.26 Å². The molecule has 0 aliphatic carbocycles. The van der Waals surface area contributed by atoms with Gasteiger partial charge in [-0.15, -0.1) is 45.3 Å². The molecule has 6 N–H and O–H groups in total. The molecule has 10 aromatic heterocycles. The molecule has 0 radical (unpaired) electrons. The predicted molar refractivity (Wildman–Crippen MR) is 459 cm³/mol. The van der Waals surface area contributed by atoms with Gasteiger partial charge >= 0.3 is 0 Å². The second-order valence-corrected chi connectivity index (χ2v) is 40.9. The monoisotopic (exact) mass is 1740 g/mol. The van der Waals surface area contributed by atoms with Gasteiger partial charge in [-0.3, -0.25) is 10.2 Å². The fourth-order valence-electron chi connectivity index (χ4n) is 13.5. The van der Waals surface area contributed by atoms with E-state index in [1.807, 2.05) is 61.5 Å². The molecule has 4 saturated heterocycles. The minimum absolute atomic E-state index is 0.249. The molecule has 14 aromatic rings. The average Bonchev–Trinajstić information content (AvgIpc) is 1.69. The number of piperidine rings is 4. The number of nitrogens with one attached hydrogen (secondary N) is 6. The normalized spacial score (nSPS) is 15.3. The fourth-order valence-corrected chi connectivity index (χ4v) is 25.3. The second-order valence-electron chi connectivity index (χ2n) is 27.9. The first-order valence-electron chi connectivity index (χ1n) is 38.1. The lowest BCUT2D eigenvalue weighted by Crippen LogP contribution is -2.35. The van der Waals surface area contributed by atoms with Gasteiger partial charge in [0.05, 0.1) is 83.0 Å². The molecule has 0 spiro atoms. The van der Waals surface area contributed by atoms with Crippen molar-refractivity contribution >= 4 is 154 Å². The first-order valence-corrected chi connectivity index (χ1v) is 47.2. The highest BCUT2D eigenvalue weighted by Crippen LogP contribution is 2.39. The number of hydrogen-bond acceptors (Lipinski definition) is 27. The molecule has 18 rings (SSSR count). The number of benzene rings is 4. The Balaban J connectivity index is 0.000000123. The van der Waals surface area contributed by atoms with Crippen LogP contribution in [0.1, 0.15) is 88.2 Å². The summed E-state index contributed by atoms with van der Waals surface area (Å²) in [7, 11) is -13.8. The summed E-state index contributed by atoms with van der Waals surface area (Å²) in [4.78, 5) is 38.1. The summed E-state index contributed by atoms with van der Waals surface area (Å²) < 4.78 is 125. The van der Waals surface area contributed by atoms with Gasteiger partial charge in [-0.05, 0) is 203 Å². The smallest absolute Gasteiger partial charge is 0.252 e. The first-order chi connectivity index (χ1) is 57.2. The molecule has 0 saturated carbocycles. The highest BCUT2D eigenvalue weighted by Gasteiger charge is 2.32. The number of anilines is 8. The number of fused-ring (bicyclic) bond motifs is 2. The van der Waals surface area contributed by atoms with Gasteiger partial charge in [-0.25, -0.2) is 77.9 Å². The summed E-state index contributed by atoms with van der Waals surface area (Å²) in [5.41, 5.74) is 8.50. The maximum Gasteiger partial charge on any atom is 0.252 e. The standard InChI is InChI=1S/C20H21FN4O2S2.2C20H20N6O2S2.C20H19N5O2S2/c1-14-5-6-16(15(21)13-14)23-20-22-10-9-17(24-20)18-7-8-19(28-18)29(26,27)25-11-3-2-4-12-25;27-30(28,26-10-2-1-3-11-26)19-7-6-18(29-19)17-8-9-21-20(24-17)23-15-4-5-16-14(12-15)13-22-25-16;27-30(28,26-10-2-1-3-11-26)19-7-6-18(29-19)16-8-9-21-20(24-16)23-15-5-4-14-13-22-25-17(14)12-15;21-14-15-5-4-6-16(13-15)23-20-22-10-9-17(24-20)18-7-8-19(28-18)29(26,27)25-11-2-1-3-12-25/h5-10,13H,2-4,11-12H2,1H3,(H,22,23,24);2*4-9,12-13H,1-3,10-11H2,(H,22,25)(H,21,23,24);4-10,13H,1-3,11-12H2,(H,22,23,24). The SMILES string of the molecule is Cc1ccc(Nc2nccc(-c3ccc(S(=O)(=O)N4CCCCC4)s3)n2)c(F)c1.N#Cc1cccc(Nc2nccc(-c3ccc(S(=O)(=O)N4CCCCC4)s3)n2)c1.O=S(=O)(c1ccc(-c2ccnc(Nc3ccc4[nH]ncc4c3)n2)s1)N1CCCCC1.O=S(=O)(c1ccc(-c2ccnc(Nc3ccc4cn[nH]c4c3)n2)s1)N1CCCCC1. The third-order valence-corrected chi connectivity index (χ3v) is 33.5. The largest absolute Gasteiger partial charge is 0.324 e. The number of aromatic nitrogens is 12. The highest BCUT2D eigenvalue weighted by molar-refractivity contribution is 7.92. The minimum atomic E-state index is -3.47. The molecule has 29 nitrogen and oxygen atoms in total. The van der Waals surface area contributed by atoms with Crippen LogP contribution in [-0.2, 0) is 40.1 Å². The van der Waals surface area contributed by atoms with Crippen LogP contribution in [0, 0.1) is 24.1 Å². The molecular weight excluding hydrogens is 1660 g/mol. The minimum Gasteiger partial charge on any atom is -0.324 e. The van der Waals surface area contributed by atoms with Crippen LogP contribution in [0.5, 0.6) is 0 Å².